The molecular formula is C28H34N6O2. The molecule has 0 aliphatic carbocycles. The van der Waals surface area contributed by atoms with Crippen molar-refractivity contribution in [3.05, 3.63) is 59.5 Å². The highest BCUT2D eigenvalue weighted by Gasteiger charge is 2.28. The highest BCUT2D eigenvalue weighted by Crippen LogP contribution is 2.30. The summed E-state index contributed by atoms with van der Waals surface area (Å²) in [6.45, 7) is 8.44. The van der Waals surface area contributed by atoms with Gasteiger partial charge in [0.1, 0.15) is 6.07 Å². The molecule has 4 heterocycles. The summed E-state index contributed by atoms with van der Waals surface area (Å²) in [5.41, 5.74) is 5.29. The van der Waals surface area contributed by atoms with Crippen LogP contribution in [0.4, 0.5) is 11.4 Å². The number of aromatic nitrogens is 2. The van der Waals surface area contributed by atoms with Gasteiger partial charge in [0, 0.05) is 67.4 Å². The molecule has 2 aliphatic rings. The molecule has 1 aromatic carbocycles. The van der Waals surface area contributed by atoms with E-state index in [0.29, 0.717) is 11.6 Å². The molecule has 8 heteroatoms. The molecule has 0 amide bonds. The number of piperidine rings is 1. The number of nitriles is 1. The Morgan fingerprint density at radius 1 is 1.17 bits per heavy atom. The van der Waals surface area contributed by atoms with E-state index in [4.69, 9.17) is 4.74 Å². The van der Waals surface area contributed by atoms with E-state index < -0.39 is 0 Å². The number of nitrogens with zero attached hydrogens (tertiary/aromatic N) is 5. The van der Waals surface area contributed by atoms with Gasteiger partial charge in [-0.3, -0.25) is 9.97 Å². The predicted octanol–water partition coefficient (Wildman–Crippen LogP) is 3.15. The van der Waals surface area contributed by atoms with Crippen molar-refractivity contribution in [1.29, 1.82) is 5.26 Å². The maximum Gasteiger partial charge on any atom is 0.101 e. The monoisotopic (exact) mass is 486 g/mol. The molecule has 8 nitrogen and oxygen atoms in total. The van der Waals surface area contributed by atoms with E-state index in [1.165, 1.54) is 0 Å². The number of aryl methyl sites for hydroxylation is 1. The van der Waals surface area contributed by atoms with Crippen molar-refractivity contribution >= 4 is 22.3 Å². The number of ether oxygens (including phenoxy) is 1. The second-order valence-corrected chi connectivity index (χ2v) is 9.90. The van der Waals surface area contributed by atoms with Crippen molar-refractivity contribution in [2.45, 2.75) is 51.5 Å². The average Bonchev–Trinajstić information content (AvgIpc) is 2.91. The van der Waals surface area contributed by atoms with Gasteiger partial charge in [0.15, 0.2) is 0 Å². The number of nitrogens with one attached hydrogen (secondary N) is 1. The number of pyridine rings is 2. The molecule has 2 aromatic heterocycles. The average molecular weight is 487 g/mol. The van der Waals surface area contributed by atoms with Gasteiger partial charge in [-0.25, -0.2) is 0 Å². The topological polar surface area (TPSA) is 97.5 Å². The Morgan fingerprint density at radius 3 is 2.78 bits per heavy atom. The van der Waals surface area contributed by atoms with E-state index in [2.05, 4.69) is 44.1 Å². The number of anilines is 2. The summed E-state index contributed by atoms with van der Waals surface area (Å²) in [6, 6.07) is 14.7. The van der Waals surface area contributed by atoms with Gasteiger partial charge < -0.3 is 25.0 Å². The van der Waals surface area contributed by atoms with Crippen LogP contribution in [0.25, 0.3) is 10.9 Å². The second kappa shape index (κ2) is 10.8. The Kier molecular flexibility index (Phi) is 7.33. The molecular weight excluding hydrogens is 452 g/mol. The first-order valence-electron chi connectivity index (χ1n) is 12.8. The maximum atomic E-state index is 9.48. The van der Waals surface area contributed by atoms with Crippen molar-refractivity contribution in [3.8, 4) is 6.07 Å². The van der Waals surface area contributed by atoms with Gasteiger partial charge in [0.2, 0.25) is 0 Å². The van der Waals surface area contributed by atoms with Crippen LogP contribution in [0.2, 0.25) is 0 Å². The zero-order chi connectivity index (χ0) is 25.1. The number of aliphatic hydroxyl groups excluding tert-OH is 1. The molecule has 2 atom stereocenters. The van der Waals surface area contributed by atoms with E-state index in [-0.39, 0.29) is 18.8 Å². The molecule has 0 radical (unpaired) electrons. The summed E-state index contributed by atoms with van der Waals surface area (Å²) >= 11 is 0. The minimum atomic E-state index is -0.0295. The minimum Gasteiger partial charge on any atom is -0.390 e. The van der Waals surface area contributed by atoms with Crippen LogP contribution in [0.5, 0.6) is 0 Å². The van der Waals surface area contributed by atoms with E-state index in [9.17, 15) is 10.4 Å². The minimum absolute atomic E-state index is 0.0295. The first-order chi connectivity index (χ1) is 17.5. The normalized spacial score (nSPS) is 21.1. The van der Waals surface area contributed by atoms with Crippen LogP contribution in [0, 0.1) is 18.3 Å². The van der Waals surface area contributed by atoms with Crippen LogP contribution >= 0.6 is 0 Å². The molecule has 0 bridgehead atoms. The summed E-state index contributed by atoms with van der Waals surface area (Å²) in [5.74, 6) is 0. The smallest absolute Gasteiger partial charge is 0.101 e. The molecule has 0 spiro atoms. The lowest BCUT2D eigenvalue weighted by Crippen LogP contribution is -2.52. The quantitative estimate of drug-likeness (QED) is 0.549. The SMILES string of the molecule is Cc1cc(N2CCC(NCC3CN(c4ccc(C#N)c5ncccc45)CC(C)O3)CC2)cc(CO)n1. The van der Waals surface area contributed by atoms with Gasteiger partial charge in [0.25, 0.3) is 0 Å². The number of benzene rings is 1. The van der Waals surface area contributed by atoms with E-state index in [1.807, 2.05) is 37.3 Å². The zero-order valence-electron chi connectivity index (χ0n) is 21.0. The molecule has 2 aliphatic heterocycles. The highest BCUT2D eigenvalue weighted by molar-refractivity contribution is 5.95. The maximum absolute atomic E-state index is 9.48. The third-order valence-corrected chi connectivity index (χ3v) is 7.18. The van der Waals surface area contributed by atoms with Crippen molar-refractivity contribution in [1.82, 2.24) is 15.3 Å². The second-order valence-electron chi connectivity index (χ2n) is 9.90. The number of hydrogen-bond acceptors (Lipinski definition) is 8. The van der Waals surface area contributed by atoms with E-state index in [0.717, 1.165) is 79.2 Å². The third kappa shape index (κ3) is 5.29. The van der Waals surface area contributed by atoms with Crippen molar-refractivity contribution in [2.24, 2.45) is 0 Å². The Hall–Kier alpha value is -3.25. The van der Waals surface area contributed by atoms with Crippen LogP contribution in [0.3, 0.4) is 0 Å². The fourth-order valence-corrected chi connectivity index (χ4v) is 5.50. The molecule has 0 saturated carbocycles. The molecule has 2 saturated heterocycles. The predicted molar refractivity (Wildman–Crippen MR) is 141 cm³/mol. The number of hydrogen-bond donors (Lipinski definition) is 2. The number of aliphatic hydroxyl groups is 1. The number of rotatable bonds is 6. The third-order valence-electron chi connectivity index (χ3n) is 7.18. The Labute approximate surface area is 212 Å². The number of morpholine rings is 1. The van der Waals surface area contributed by atoms with Crippen LogP contribution in [-0.4, -0.2) is 66.0 Å². The van der Waals surface area contributed by atoms with Gasteiger partial charge in [0.05, 0.1) is 35.6 Å². The molecule has 2 N–H and O–H groups in total. The highest BCUT2D eigenvalue weighted by atomic mass is 16.5. The Balaban J connectivity index is 1.20. The van der Waals surface area contributed by atoms with E-state index in [1.54, 1.807) is 6.20 Å². The molecule has 5 rings (SSSR count). The lowest BCUT2D eigenvalue weighted by Gasteiger charge is -2.40. The summed E-state index contributed by atoms with van der Waals surface area (Å²) in [5, 5.41) is 23.7. The van der Waals surface area contributed by atoms with Crippen LogP contribution in [0.1, 0.15) is 36.7 Å². The van der Waals surface area contributed by atoms with Crippen molar-refractivity contribution in [3.63, 3.8) is 0 Å². The molecule has 188 valence electrons. The van der Waals surface area contributed by atoms with Crippen LogP contribution < -0.4 is 15.1 Å². The van der Waals surface area contributed by atoms with Crippen LogP contribution in [0.15, 0.2) is 42.6 Å². The van der Waals surface area contributed by atoms with E-state index >= 15 is 0 Å². The molecule has 2 fully saturated rings. The lowest BCUT2D eigenvalue weighted by atomic mass is 10.0. The summed E-state index contributed by atoms with van der Waals surface area (Å²) in [4.78, 5) is 13.6. The molecule has 3 aromatic rings. The fourth-order valence-electron chi connectivity index (χ4n) is 5.50. The first-order valence-corrected chi connectivity index (χ1v) is 12.8. The summed E-state index contributed by atoms with van der Waals surface area (Å²) < 4.78 is 6.30. The molecule has 36 heavy (non-hydrogen) atoms. The van der Waals surface area contributed by atoms with Crippen molar-refractivity contribution in [2.75, 3.05) is 42.5 Å². The largest absolute Gasteiger partial charge is 0.390 e. The number of fused-ring (bicyclic) bond motifs is 1. The standard InChI is InChI=1S/C28H34N6O2/c1-19-12-24(13-23(18-35)32-19)33-10-7-22(8-11-33)31-15-25-17-34(16-20(2)36-25)27-6-5-21(14-29)28-26(27)4-3-9-30-28/h3-6,9,12-13,20,22,25,31,35H,7-8,10-11,15-18H2,1-2H3. The summed E-state index contributed by atoms with van der Waals surface area (Å²) in [7, 11) is 0. The summed E-state index contributed by atoms with van der Waals surface area (Å²) in [6.07, 6.45) is 4.07. The van der Waals surface area contributed by atoms with Crippen molar-refractivity contribution < 1.29 is 9.84 Å². The van der Waals surface area contributed by atoms with Gasteiger partial charge >= 0.3 is 0 Å². The first kappa shape index (κ1) is 24.4. The molecule has 2 unspecified atom stereocenters. The Morgan fingerprint density at radius 2 is 2.00 bits per heavy atom. The van der Waals surface area contributed by atoms with Gasteiger partial charge in [-0.15, -0.1) is 0 Å². The van der Waals surface area contributed by atoms with Gasteiger partial charge in [-0.2, -0.15) is 5.26 Å². The van der Waals surface area contributed by atoms with Gasteiger partial charge in [-0.05, 0) is 63.1 Å². The van der Waals surface area contributed by atoms with Crippen LogP contribution in [-0.2, 0) is 11.3 Å². The Bertz CT molecular complexity index is 1250. The van der Waals surface area contributed by atoms with Gasteiger partial charge in [-0.1, -0.05) is 0 Å². The lowest BCUT2D eigenvalue weighted by molar-refractivity contribution is -0.0161. The fraction of sp³-hybridized carbons (Fsp3) is 0.464. The zero-order valence-corrected chi connectivity index (χ0v) is 21.0.